The van der Waals surface area contributed by atoms with Crippen molar-refractivity contribution < 1.29 is 19.4 Å². The number of benzene rings is 1. The summed E-state index contributed by atoms with van der Waals surface area (Å²) < 4.78 is 5.56. The molecule has 1 aromatic heterocycles. The topological polar surface area (TPSA) is 79.7 Å². The summed E-state index contributed by atoms with van der Waals surface area (Å²) in [5.41, 5.74) is 2.49. The third kappa shape index (κ3) is 2.94. The van der Waals surface area contributed by atoms with Gasteiger partial charge in [-0.15, -0.1) is 11.3 Å². The second kappa shape index (κ2) is 6.24. The van der Waals surface area contributed by atoms with E-state index < -0.39 is 11.9 Å². The molecule has 0 spiro atoms. The first-order valence-electron chi connectivity index (χ1n) is 8.19. The summed E-state index contributed by atoms with van der Waals surface area (Å²) in [6.45, 7) is 3.10. The lowest BCUT2D eigenvalue weighted by atomic mass is 9.93. The molecule has 0 unspecified atom stereocenters. The average Bonchev–Trinajstić information content (AvgIpc) is 3.29. The summed E-state index contributed by atoms with van der Waals surface area (Å²) in [7, 11) is 0. The molecule has 0 saturated carbocycles. The van der Waals surface area contributed by atoms with E-state index in [-0.39, 0.29) is 24.5 Å². The minimum absolute atomic E-state index is 0.0804. The van der Waals surface area contributed by atoms with Gasteiger partial charge in [-0.25, -0.2) is 4.98 Å². The lowest BCUT2D eigenvalue weighted by Gasteiger charge is -2.18. The number of hydrogen-bond acceptors (Lipinski definition) is 5. The number of aryl methyl sites for hydroxylation is 1. The van der Waals surface area contributed by atoms with Gasteiger partial charge in [0, 0.05) is 35.5 Å². The van der Waals surface area contributed by atoms with Crippen LogP contribution in [0.5, 0.6) is 0 Å². The van der Waals surface area contributed by atoms with E-state index in [1.165, 1.54) is 0 Å². The number of carboxylic acids is 1. The minimum Gasteiger partial charge on any atom is -0.481 e. The van der Waals surface area contributed by atoms with Gasteiger partial charge in [-0.05, 0) is 19.1 Å². The van der Waals surface area contributed by atoms with Crippen LogP contribution in [-0.4, -0.2) is 52.7 Å². The maximum absolute atomic E-state index is 12.7. The zero-order valence-corrected chi connectivity index (χ0v) is 14.5. The first kappa shape index (κ1) is 16.2. The molecule has 2 aliphatic rings. The van der Waals surface area contributed by atoms with E-state index in [9.17, 15) is 14.7 Å². The van der Waals surface area contributed by atoms with Gasteiger partial charge in [0.25, 0.3) is 5.91 Å². The Morgan fingerprint density at radius 3 is 2.68 bits per heavy atom. The number of likely N-dealkylation sites (tertiary alicyclic amines) is 1. The number of rotatable bonds is 3. The normalized spacial score (nSPS) is 25.2. The Morgan fingerprint density at radius 2 is 2.04 bits per heavy atom. The molecule has 0 bridgehead atoms. The lowest BCUT2D eigenvalue weighted by Crippen LogP contribution is -2.32. The number of fused-ring (bicyclic) bond motifs is 1. The van der Waals surface area contributed by atoms with E-state index in [4.69, 9.17) is 4.74 Å². The third-order valence-corrected chi connectivity index (χ3v) is 5.74. The molecule has 130 valence electrons. The van der Waals surface area contributed by atoms with E-state index in [0.29, 0.717) is 18.7 Å². The van der Waals surface area contributed by atoms with E-state index in [0.717, 1.165) is 16.3 Å². The Bertz CT molecular complexity index is 817. The number of carbonyl (C=O) groups is 2. The number of carbonyl (C=O) groups excluding carboxylic acids is 1. The molecule has 2 fully saturated rings. The summed E-state index contributed by atoms with van der Waals surface area (Å²) >= 11 is 1.59. The second-order valence-corrected chi connectivity index (χ2v) is 7.58. The van der Waals surface area contributed by atoms with Crippen LogP contribution < -0.4 is 0 Å². The third-order valence-electron chi connectivity index (χ3n) is 4.97. The van der Waals surface area contributed by atoms with Crippen LogP contribution >= 0.6 is 11.3 Å². The van der Waals surface area contributed by atoms with Crippen LogP contribution in [0.25, 0.3) is 11.3 Å². The Labute approximate surface area is 149 Å². The fourth-order valence-corrected chi connectivity index (χ4v) is 4.22. The van der Waals surface area contributed by atoms with Crippen molar-refractivity contribution in [3.05, 3.63) is 40.2 Å². The second-order valence-electron chi connectivity index (χ2n) is 6.52. The van der Waals surface area contributed by atoms with Crippen LogP contribution in [0.2, 0.25) is 0 Å². The Morgan fingerprint density at radius 1 is 1.28 bits per heavy atom. The highest BCUT2D eigenvalue weighted by molar-refractivity contribution is 7.09. The first-order chi connectivity index (χ1) is 12.0. The molecule has 1 N–H and O–H groups in total. The summed E-state index contributed by atoms with van der Waals surface area (Å²) in [6.07, 6.45) is -0.165. The van der Waals surface area contributed by atoms with Gasteiger partial charge in [-0.3, -0.25) is 9.59 Å². The van der Waals surface area contributed by atoms with Crippen molar-refractivity contribution >= 4 is 23.2 Å². The number of aliphatic carboxylic acids is 1. The van der Waals surface area contributed by atoms with E-state index in [2.05, 4.69) is 4.98 Å². The van der Waals surface area contributed by atoms with Crippen LogP contribution in [-0.2, 0) is 9.53 Å². The molecule has 3 atom stereocenters. The number of ether oxygens (including phenoxy) is 1. The molecular weight excluding hydrogens is 340 g/mol. The Kier molecular flexibility index (Phi) is 4.05. The lowest BCUT2D eigenvalue weighted by molar-refractivity contribution is -0.142. The molecule has 7 heteroatoms. The van der Waals surface area contributed by atoms with Gasteiger partial charge in [-0.2, -0.15) is 0 Å². The molecule has 2 aromatic rings. The largest absolute Gasteiger partial charge is 0.481 e. The van der Waals surface area contributed by atoms with Gasteiger partial charge < -0.3 is 14.7 Å². The van der Waals surface area contributed by atoms with E-state index in [1.807, 2.05) is 24.4 Å². The monoisotopic (exact) mass is 358 g/mol. The summed E-state index contributed by atoms with van der Waals surface area (Å²) in [6, 6.07) is 7.40. The molecular formula is C18H18N2O4S. The Hall–Kier alpha value is -2.25. The van der Waals surface area contributed by atoms with Crippen molar-refractivity contribution in [3.63, 3.8) is 0 Å². The fourth-order valence-electron chi connectivity index (χ4n) is 3.60. The molecule has 6 nitrogen and oxygen atoms in total. The van der Waals surface area contributed by atoms with Gasteiger partial charge in [0.15, 0.2) is 0 Å². The number of hydrogen-bond donors (Lipinski definition) is 1. The van der Waals surface area contributed by atoms with Crippen molar-refractivity contribution in [2.45, 2.75) is 13.0 Å². The fraction of sp³-hybridized carbons (Fsp3) is 0.389. The van der Waals surface area contributed by atoms with Crippen LogP contribution in [0, 0.1) is 18.8 Å². The smallest absolute Gasteiger partial charge is 0.309 e. The predicted molar refractivity (Wildman–Crippen MR) is 92.5 cm³/mol. The van der Waals surface area contributed by atoms with Crippen molar-refractivity contribution in [3.8, 4) is 11.3 Å². The van der Waals surface area contributed by atoms with Gasteiger partial charge in [0.1, 0.15) is 0 Å². The van der Waals surface area contributed by atoms with Crippen LogP contribution in [0.4, 0.5) is 0 Å². The van der Waals surface area contributed by atoms with Gasteiger partial charge in [0.2, 0.25) is 0 Å². The van der Waals surface area contributed by atoms with Crippen LogP contribution in [0.1, 0.15) is 15.4 Å². The van der Waals surface area contributed by atoms with Crippen LogP contribution in [0.3, 0.4) is 0 Å². The standard InChI is InChI=1S/C18H18N2O4S/c1-10-19-15(9-25-10)11-2-4-12(5-3-11)17(21)20-6-13-14(18(22)23)8-24-16(13)7-20/h2-5,9,13-14,16H,6-8H2,1H3,(H,22,23)/t13-,14-,16-/m0/s1. The SMILES string of the molecule is Cc1nc(-c2ccc(C(=O)N3C[C@@H]4[C@H](C3)OC[C@@H]4C(=O)O)cc2)cs1. The highest BCUT2D eigenvalue weighted by Crippen LogP contribution is 2.34. The zero-order chi connectivity index (χ0) is 17.6. The highest BCUT2D eigenvalue weighted by atomic mass is 32.1. The van der Waals surface area contributed by atoms with Crippen molar-refractivity contribution in [1.29, 1.82) is 0 Å². The molecule has 0 radical (unpaired) electrons. The number of amides is 1. The number of thiazole rings is 1. The molecule has 25 heavy (non-hydrogen) atoms. The summed E-state index contributed by atoms with van der Waals surface area (Å²) in [5, 5.41) is 12.3. The number of carboxylic acid groups (broad SMARTS) is 1. The summed E-state index contributed by atoms with van der Waals surface area (Å²) in [5.74, 6) is -1.55. The van der Waals surface area contributed by atoms with Crippen molar-refractivity contribution in [1.82, 2.24) is 9.88 Å². The quantitative estimate of drug-likeness (QED) is 0.911. The van der Waals surface area contributed by atoms with Gasteiger partial charge in [-0.1, -0.05) is 12.1 Å². The van der Waals surface area contributed by atoms with Crippen molar-refractivity contribution in [2.24, 2.45) is 11.8 Å². The van der Waals surface area contributed by atoms with E-state index >= 15 is 0 Å². The molecule has 2 aliphatic heterocycles. The molecule has 1 aromatic carbocycles. The molecule has 0 aliphatic carbocycles. The molecule has 2 saturated heterocycles. The molecule has 3 heterocycles. The van der Waals surface area contributed by atoms with Gasteiger partial charge >= 0.3 is 5.97 Å². The minimum atomic E-state index is -0.843. The van der Waals surface area contributed by atoms with Crippen LogP contribution in [0.15, 0.2) is 29.6 Å². The zero-order valence-electron chi connectivity index (χ0n) is 13.7. The maximum atomic E-state index is 12.7. The van der Waals surface area contributed by atoms with E-state index in [1.54, 1.807) is 28.4 Å². The molecule has 1 amide bonds. The highest BCUT2D eigenvalue weighted by Gasteiger charge is 2.48. The van der Waals surface area contributed by atoms with Crippen molar-refractivity contribution in [2.75, 3.05) is 19.7 Å². The number of nitrogens with zero attached hydrogens (tertiary/aromatic N) is 2. The average molecular weight is 358 g/mol. The maximum Gasteiger partial charge on any atom is 0.309 e. The Balaban J connectivity index is 1.48. The first-order valence-corrected chi connectivity index (χ1v) is 9.07. The van der Waals surface area contributed by atoms with Gasteiger partial charge in [0.05, 0.1) is 29.3 Å². The molecule has 4 rings (SSSR count). The number of aromatic nitrogens is 1. The summed E-state index contributed by atoms with van der Waals surface area (Å²) in [4.78, 5) is 30.1. The predicted octanol–water partition coefficient (Wildman–Crippen LogP) is 2.29.